The van der Waals surface area contributed by atoms with Crippen molar-refractivity contribution in [2.24, 2.45) is 5.73 Å². The molecule has 2 rings (SSSR count). The first-order valence-corrected chi connectivity index (χ1v) is 7.07. The summed E-state index contributed by atoms with van der Waals surface area (Å²) in [5.41, 5.74) is 9.45. The minimum Gasteiger partial charge on any atom is -0.330 e. The van der Waals surface area contributed by atoms with Crippen LogP contribution in [-0.2, 0) is 6.42 Å². The molecule has 2 N–H and O–H groups in total. The number of hydrogen-bond donors (Lipinski definition) is 1. The Kier molecular flexibility index (Phi) is 4.87. The molecule has 1 nitrogen and oxygen atoms in total. The highest BCUT2D eigenvalue weighted by atomic mass is 35.5. The van der Waals surface area contributed by atoms with Crippen LogP contribution < -0.4 is 5.73 Å². The second kappa shape index (κ2) is 6.42. The summed E-state index contributed by atoms with van der Waals surface area (Å²) >= 11 is 12.3. The van der Waals surface area contributed by atoms with Crippen LogP contribution in [0.15, 0.2) is 42.5 Å². The molecule has 0 spiro atoms. The summed E-state index contributed by atoms with van der Waals surface area (Å²) in [6.07, 6.45) is 0.805. The Hall–Kier alpha value is -1.02. The number of halogens is 2. The van der Waals surface area contributed by atoms with Gasteiger partial charge >= 0.3 is 0 Å². The zero-order valence-electron chi connectivity index (χ0n) is 10.9. The molecule has 2 aromatic rings. The fourth-order valence-corrected chi connectivity index (χ4v) is 2.63. The molecule has 0 aliphatic heterocycles. The van der Waals surface area contributed by atoms with E-state index in [2.05, 4.69) is 31.2 Å². The van der Waals surface area contributed by atoms with E-state index in [9.17, 15) is 0 Å². The summed E-state index contributed by atoms with van der Waals surface area (Å²) < 4.78 is 0. The highest BCUT2D eigenvalue weighted by Crippen LogP contribution is 2.30. The zero-order chi connectivity index (χ0) is 13.8. The van der Waals surface area contributed by atoms with Crippen LogP contribution in [0.4, 0.5) is 0 Å². The molecule has 0 amide bonds. The maximum absolute atomic E-state index is 6.24. The van der Waals surface area contributed by atoms with Gasteiger partial charge in [0.1, 0.15) is 0 Å². The van der Waals surface area contributed by atoms with Crippen LogP contribution in [-0.4, -0.2) is 6.54 Å². The van der Waals surface area contributed by atoms with Crippen LogP contribution in [0.5, 0.6) is 0 Å². The molecule has 19 heavy (non-hydrogen) atoms. The lowest BCUT2D eigenvalue weighted by atomic mass is 9.91. The lowest BCUT2D eigenvalue weighted by Crippen LogP contribution is -2.15. The third-order valence-electron chi connectivity index (χ3n) is 3.30. The van der Waals surface area contributed by atoms with Crippen molar-refractivity contribution in [1.29, 1.82) is 0 Å². The van der Waals surface area contributed by atoms with Gasteiger partial charge < -0.3 is 5.73 Å². The van der Waals surface area contributed by atoms with Gasteiger partial charge in [0.15, 0.2) is 0 Å². The van der Waals surface area contributed by atoms with E-state index in [4.69, 9.17) is 28.9 Å². The molecular formula is C16H17Cl2N. The Morgan fingerprint density at radius 2 is 1.84 bits per heavy atom. The summed E-state index contributed by atoms with van der Waals surface area (Å²) in [5, 5.41) is 1.23. The van der Waals surface area contributed by atoms with E-state index in [-0.39, 0.29) is 5.92 Å². The predicted molar refractivity (Wildman–Crippen MR) is 83.1 cm³/mol. The molecular weight excluding hydrogens is 277 g/mol. The quantitative estimate of drug-likeness (QED) is 0.877. The monoisotopic (exact) mass is 293 g/mol. The summed E-state index contributed by atoms with van der Waals surface area (Å²) in [6.45, 7) is 2.68. The molecule has 100 valence electrons. The molecule has 0 saturated carbocycles. The topological polar surface area (TPSA) is 26.0 Å². The molecule has 3 heteroatoms. The van der Waals surface area contributed by atoms with Crippen LogP contribution in [0.2, 0.25) is 10.0 Å². The van der Waals surface area contributed by atoms with Crippen molar-refractivity contribution in [2.75, 3.05) is 6.54 Å². The molecule has 2 aromatic carbocycles. The molecule has 0 fully saturated rings. The number of aryl methyl sites for hydroxylation is 1. The van der Waals surface area contributed by atoms with Crippen LogP contribution in [0.3, 0.4) is 0 Å². The minimum absolute atomic E-state index is 0.260. The van der Waals surface area contributed by atoms with Crippen molar-refractivity contribution in [3.63, 3.8) is 0 Å². The lowest BCUT2D eigenvalue weighted by Gasteiger charge is -2.17. The van der Waals surface area contributed by atoms with Crippen molar-refractivity contribution in [1.82, 2.24) is 0 Å². The molecule has 0 aliphatic carbocycles. The van der Waals surface area contributed by atoms with Gasteiger partial charge in [-0.1, -0.05) is 65.2 Å². The van der Waals surface area contributed by atoms with Gasteiger partial charge in [-0.15, -0.1) is 0 Å². The van der Waals surface area contributed by atoms with Crippen LogP contribution >= 0.6 is 23.2 Å². The van der Waals surface area contributed by atoms with Gasteiger partial charge in [0, 0.05) is 5.92 Å². The average Bonchev–Trinajstić information content (AvgIpc) is 2.40. The van der Waals surface area contributed by atoms with Gasteiger partial charge in [0.25, 0.3) is 0 Å². The van der Waals surface area contributed by atoms with E-state index in [1.807, 2.05) is 12.1 Å². The molecule has 0 saturated heterocycles. The summed E-state index contributed by atoms with van der Waals surface area (Å²) in [5.74, 6) is 0.260. The van der Waals surface area contributed by atoms with Gasteiger partial charge in [-0.25, -0.2) is 0 Å². The second-order valence-electron chi connectivity index (χ2n) is 4.76. The number of hydrogen-bond acceptors (Lipinski definition) is 1. The lowest BCUT2D eigenvalue weighted by molar-refractivity contribution is 0.694. The SMILES string of the molecule is Cc1cccc(C(CN)Cc2cccc(Cl)c2Cl)c1. The van der Waals surface area contributed by atoms with E-state index >= 15 is 0 Å². The minimum atomic E-state index is 0.260. The standard InChI is InChI=1S/C16H17Cl2N/c1-11-4-2-5-12(8-11)14(10-19)9-13-6-3-7-15(17)16(13)18/h2-8,14H,9-10,19H2,1H3. The molecule has 0 radical (unpaired) electrons. The van der Waals surface area contributed by atoms with Gasteiger partial charge in [0.2, 0.25) is 0 Å². The fraction of sp³-hybridized carbons (Fsp3) is 0.250. The van der Waals surface area contributed by atoms with E-state index in [1.165, 1.54) is 11.1 Å². The Labute approximate surface area is 124 Å². The van der Waals surface area contributed by atoms with Crippen LogP contribution in [0, 0.1) is 6.92 Å². The highest BCUT2D eigenvalue weighted by Gasteiger charge is 2.13. The predicted octanol–water partition coefficient (Wildman–Crippen LogP) is 4.59. The third kappa shape index (κ3) is 3.50. The first-order chi connectivity index (χ1) is 9.11. The van der Waals surface area contributed by atoms with Gasteiger partial charge in [-0.05, 0) is 37.1 Å². The highest BCUT2D eigenvalue weighted by molar-refractivity contribution is 6.42. The Bertz CT molecular complexity index is 566. The van der Waals surface area contributed by atoms with E-state index in [0.29, 0.717) is 16.6 Å². The molecule has 0 aliphatic rings. The van der Waals surface area contributed by atoms with Gasteiger partial charge in [0.05, 0.1) is 10.0 Å². The summed E-state index contributed by atoms with van der Waals surface area (Å²) in [4.78, 5) is 0. The van der Waals surface area contributed by atoms with Crippen molar-refractivity contribution in [3.05, 3.63) is 69.2 Å². The number of nitrogens with two attached hydrogens (primary N) is 1. The van der Waals surface area contributed by atoms with Crippen LogP contribution in [0.25, 0.3) is 0 Å². The van der Waals surface area contributed by atoms with Gasteiger partial charge in [-0.2, -0.15) is 0 Å². The first-order valence-electron chi connectivity index (χ1n) is 6.31. The molecule has 1 atom stereocenters. The van der Waals surface area contributed by atoms with Crippen molar-refractivity contribution >= 4 is 23.2 Å². The smallest absolute Gasteiger partial charge is 0.0624 e. The third-order valence-corrected chi connectivity index (χ3v) is 4.15. The average molecular weight is 294 g/mol. The zero-order valence-corrected chi connectivity index (χ0v) is 12.4. The Morgan fingerprint density at radius 1 is 1.11 bits per heavy atom. The van der Waals surface area contributed by atoms with Crippen molar-refractivity contribution < 1.29 is 0 Å². The van der Waals surface area contributed by atoms with E-state index in [0.717, 1.165) is 12.0 Å². The maximum atomic E-state index is 6.24. The van der Waals surface area contributed by atoms with Gasteiger partial charge in [-0.3, -0.25) is 0 Å². The summed E-state index contributed by atoms with van der Waals surface area (Å²) in [7, 11) is 0. The Morgan fingerprint density at radius 3 is 2.53 bits per heavy atom. The number of rotatable bonds is 4. The molecule has 0 aromatic heterocycles. The van der Waals surface area contributed by atoms with Crippen molar-refractivity contribution in [3.8, 4) is 0 Å². The van der Waals surface area contributed by atoms with E-state index in [1.54, 1.807) is 6.07 Å². The Balaban J connectivity index is 2.26. The maximum Gasteiger partial charge on any atom is 0.0624 e. The number of benzene rings is 2. The van der Waals surface area contributed by atoms with Crippen molar-refractivity contribution in [2.45, 2.75) is 19.3 Å². The molecule has 1 unspecified atom stereocenters. The second-order valence-corrected chi connectivity index (χ2v) is 5.55. The summed E-state index contributed by atoms with van der Waals surface area (Å²) in [6, 6.07) is 14.2. The molecule has 0 bridgehead atoms. The van der Waals surface area contributed by atoms with E-state index < -0.39 is 0 Å². The fourth-order valence-electron chi connectivity index (χ4n) is 2.23. The first kappa shape index (κ1) is 14.4. The largest absolute Gasteiger partial charge is 0.330 e. The normalized spacial score (nSPS) is 12.4. The molecule has 0 heterocycles. The van der Waals surface area contributed by atoms with Crippen LogP contribution in [0.1, 0.15) is 22.6 Å².